The Hall–Kier alpha value is -3.33. The Morgan fingerprint density at radius 2 is 1.23 bits per heavy atom. The van der Waals surface area contributed by atoms with Gasteiger partial charge in [0.2, 0.25) is 5.75 Å². The van der Waals surface area contributed by atoms with Crippen molar-refractivity contribution in [1.82, 2.24) is 4.90 Å². The number of piperazine rings is 1. The van der Waals surface area contributed by atoms with E-state index in [-0.39, 0.29) is 12.6 Å². The maximum absolute atomic E-state index is 13.0. The first-order chi connectivity index (χ1) is 23.5. The first-order valence-corrected chi connectivity index (χ1v) is 18.3. The van der Waals surface area contributed by atoms with Gasteiger partial charge in [-0.3, -0.25) is 9.69 Å². The van der Waals surface area contributed by atoms with Gasteiger partial charge in [0.15, 0.2) is 11.5 Å². The number of ether oxygens (including phenoxy) is 6. The summed E-state index contributed by atoms with van der Waals surface area (Å²) in [7, 11) is 6.43. The fourth-order valence-electron chi connectivity index (χ4n) is 6.34. The van der Waals surface area contributed by atoms with Gasteiger partial charge in [0.05, 0.1) is 34.1 Å². The minimum atomic E-state index is -0.420. The molecule has 270 valence electrons. The minimum absolute atomic E-state index is 0.163. The largest absolute Gasteiger partial charge is 0.495 e. The molecule has 0 aliphatic carbocycles. The molecule has 1 atom stereocenters. The molecule has 1 aliphatic rings. The highest BCUT2D eigenvalue weighted by atomic mass is 16.6. The number of hydrogen-bond acceptors (Lipinski definition) is 9. The molecule has 9 heteroatoms. The van der Waals surface area contributed by atoms with Gasteiger partial charge in [0, 0.05) is 51.3 Å². The summed E-state index contributed by atoms with van der Waals surface area (Å²) in [5.41, 5.74) is 1.10. The third-order valence-electron chi connectivity index (χ3n) is 9.12. The predicted molar refractivity (Wildman–Crippen MR) is 193 cm³/mol. The zero-order valence-corrected chi connectivity index (χ0v) is 30.4. The Balaban J connectivity index is 1.48. The molecule has 1 fully saturated rings. The summed E-state index contributed by atoms with van der Waals surface area (Å²) in [6.07, 6.45) is 16.6. The Labute approximate surface area is 290 Å². The number of carbonyl (C=O) groups excluding carboxylic acids is 1. The van der Waals surface area contributed by atoms with Crippen molar-refractivity contribution in [3.8, 4) is 28.7 Å². The number of rotatable bonds is 25. The molecule has 2 aromatic rings. The van der Waals surface area contributed by atoms with E-state index in [1.807, 2.05) is 18.2 Å². The maximum atomic E-state index is 13.0. The minimum Gasteiger partial charge on any atom is -0.495 e. The number of methoxy groups -OCH3 is 4. The van der Waals surface area contributed by atoms with Crippen LogP contribution in [-0.2, 0) is 9.53 Å². The van der Waals surface area contributed by atoms with E-state index in [0.717, 1.165) is 50.5 Å². The molecule has 0 saturated carbocycles. The number of esters is 1. The van der Waals surface area contributed by atoms with E-state index in [9.17, 15) is 4.79 Å². The Morgan fingerprint density at radius 1 is 0.688 bits per heavy atom. The molecule has 0 amide bonds. The van der Waals surface area contributed by atoms with E-state index in [1.165, 1.54) is 70.6 Å². The van der Waals surface area contributed by atoms with E-state index >= 15 is 0 Å². The van der Waals surface area contributed by atoms with Crippen molar-refractivity contribution in [2.24, 2.45) is 0 Å². The second-order valence-corrected chi connectivity index (χ2v) is 12.7. The lowest BCUT2D eigenvalue weighted by Gasteiger charge is -2.37. The van der Waals surface area contributed by atoms with Crippen LogP contribution in [0.1, 0.15) is 96.8 Å². The molecule has 0 N–H and O–H groups in total. The van der Waals surface area contributed by atoms with Gasteiger partial charge in [-0.1, -0.05) is 96.1 Å². The fourth-order valence-corrected chi connectivity index (χ4v) is 6.34. The molecule has 1 unspecified atom stereocenters. The van der Waals surface area contributed by atoms with Crippen molar-refractivity contribution in [2.75, 3.05) is 72.7 Å². The monoisotopic (exact) mass is 670 g/mol. The van der Waals surface area contributed by atoms with Crippen LogP contribution in [0.5, 0.6) is 28.7 Å². The molecule has 2 aromatic carbocycles. The highest BCUT2D eigenvalue weighted by Crippen LogP contribution is 2.41. The third kappa shape index (κ3) is 13.7. The summed E-state index contributed by atoms with van der Waals surface area (Å²) < 4.78 is 34.3. The summed E-state index contributed by atoms with van der Waals surface area (Å²) in [6.45, 7) is 6.47. The number of anilines is 1. The van der Waals surface area contributed by atoms with Crippen LogP contribution < -0.4 is 28.6 Å². The molecule has 0 radical (unpaired) electrons. The lowest BCUT2D eigenvalue weighted by atomic mass is 10.0. The van der Waals surface area contributed by atoms with Gasteiger partial charge in [-0.25, -0.2) is 0 Å². The van der Waals surface area contributed by atoms with Gasteiger partial charge in [-0.05, 0) is 18.6 Å². The summed E-state index contributed by atoms with van der Waals surface area (Å²) in [4.78, 5) is 17.7. The predicted octanol–water partition coefficient (Wildman–Crippen LogP) is 8.32. The zero-order chi connectivity index (χ0) is 34.4. The molecular weight excluding hydrogens is 608 g/mol. The highest BCUT2D eigenvalue weighted by Gasteiger charge is 2.25. The molecular formula is C39H62N2O7. The number of unbranched alkanes of at least 4 members (excludes halogenated alkanes) is 12. The summed E-state index contributed by atoms with van der Waals surface area (Å²) in [5, 5.41) is 0. The maximum Gasteiger partial charge on any atom is 0.306 e. The van der Waals surface area contributed by atoms with Crippen molar-refractivity contribution in [2.45, 2.75) is 103 Å². The van der Waals surface area contributed by atoms with Crippen molar-refractivity contribution in [3.63, 3.8) is 0 Å². The van der Waals surface area contributed by atoms with Crippen molar-refractivity contribution in [1.29, 1.82) is 0 Å². The first-order valence-electron chi connectivity index (χ1n) is 18.3. The number of hydrogen-bond donors (Lipinski definition) is 0. The standard InChI is InChI=1S/C39H62N2O7/c1-6-7-8-9-10-11-12-13-14-15-16-17-18-23-38(42)48-33(31-47-32-28-36(44-3)39(46-5)37(29-32)45-4)30-40-24-26-41(27-25-40)34-21-19-20-22-35(34)43-2/h19-22,28-29,33H,6-18,23-27,30-31H2,1-5H3. The molecule has 9 nitrogen and oxygen atoms in total. The normalized spacial score (nSPS) is 14.0. The van der Waals surface area contributed by atoms with E-state index < -0.39 is 6.10 Å². The van der Waals surface area contributed by atoms with E-state index in [1.54, 1.807) is 40.6 Å². The topological polar surface area (TPSA) is 78.9 Å². The molecule has 0 spiro atoms. The second kappa shape index (κ2) is 23.1. The number of para-hydroxylation sites is 2. The van der Waals surface area contributed by atoms with Crippen LogP contribution in [0.15, 0.2) is 36.4 Å². The summed E-state index contributed by atoms with van der Waals surface area (Å²) in [6, 6.07) is 11.6. The van der Waals surface area contributed by atoms with Crippen LogP contribution in [0.2, 0.25) is 0 Å². The van der Waals surface area contributed by atoms with Crippen LogP contribution in [0.4, 0.5) is 5.69 Å². The number of benzene rings is 2. The average Bonchev–Trinajstić information content (AvgIpc) is 3.12. The first kappa shape index (κ1) is 39.1. The van der Waals surface area contributed by atoms with E-state index in [4.69, 9.17) is 28.4 Å². The SMILES string of the molecule is CCCCCCCCCCCCCCCC(=O)OC(COc1cc(OC)c(OC)c(OC)c1)CN1CCN(c2ccccc2OC)CC1. The van der Waals surface area contributed by atoms with E-state index in [0.29, 0.717) is 36.0 Å². The highest BCUT2D eigenvalue weighted by molar-refractivity contribution is 5.69. The Bertz CT molecular complexity index is 1140. The third-order valence-corrected chi connectivity index (χ3v) is 9.12. The van der Waals surface area contributed by atoms with Gasteiger partial charge in [-0.2, -0.15) is 0 Å². The molecule has 0 aromatic heterocycles. The lowest BCUT2D eigenvalue weighted by Crippen LogP contribution is -2.50. The van der Waals surface area contributed by atoms with Gasteiger partial charge in [0.1, 0.15) is 24.2 Å². The second-order valence-electron chi connectivity index (χ2n) is 12.7. The van der Waals surface area contributed by atoms with Crippen LogP contribution in [0.3, 0.4) is 0 Å². The van der Waals surface area contributed by atoms with Crippen molar-refractivity contribution in [3.05, 3.63) is 36.4 Å². The molecule has 1 saturated heterocycles. The average molecular weight is 671 g/mol. The van der Waals surface area contributed by atoms with E-state index in [2.05, 4.69) is 22.8 Å². The molecule has 0 bridgehead atoms. The van der Waals surface area contributed by atoms with Crippen LogP contribution in [-0.4, -0.2) is 84.7 Å². The van der Waals surface area contributed by atoms with Crippen molar-refractivity contribution < 1.29 is 33.2 Å². The number of nitrogens with zero attached hydrogens (tertiary/aromatic N) is 2. The number of carbonyl (C=O) groups is 1. The molecule has 1 aliphatic heterocycles. The molecule has 3 rings (SSSR count). The fraction of sp³-hybridized carbons (Fsp3) is 0.667. The van der Waals surface area contributed by atoms with Gasteiger partial charge < -0.3 is 33.3 Å². The van der Waals surface area contributed by atoms with Crippen LogP contribution in [0, 0.1) is 0 Å². The van der Waals surface area contributed by atoms with Crippen LogP contribution >= 0.6 is 0 Å². The van der Waals surface area contributed by atoms with Crippen LogP contribution in [0.25, 0.3) is 0 Å². The smallest absolute Gasteiger partial charge is 0.306 e. The van der Waals surface area contributed by atoms with Gasteiger partial charge in [-0.15, -0.1) is 0 Å². The van der Waals surface area contributed by atoms with Crippen molar-refractivity contribution >= 4 is 11.7 Å². The molecule has 1 heterocycles. The summed E-state index contributed by atoms with van der Waals surface area (Å²) >= 11 is 0. The summed E-state index contributed by atoms with van der Waals surface area (Å²) in [5.74, 6) is 2.79. The Kier molecular flexibility index (Phi) is 18.8. The Morgan fingerprint density at radius 3 is 1.77 bits per heavy atom. The van der Waals surface area contributed by atoms with Gasteiger partial charge >= 0.3 is 5.97 Å². The quantitative estimate of drug-likeness (QED) is 0.0766. The molecule has 48 heavy (non-hydrogen) atoms. The zero-order valence-electron chi connectivity index (χ0n) is 30.4. The lowest BCUT2D eigenvalue weighted by molar-refractivity contribution is -0.151. The van der Waals surface area contributed by atoms with Gasteiger partial charge in [0.25, 0.3) is 0 Å².